The first-order valence-corrected chi connectivity index (χ1v) is 10.9. The largest absolute Gasteiger partial charge is 0.370 e. The van der Waals surface area contributed by atoms with E-state index in [-0.39, 0.29) is 25.7 Å². The molecule has 4 amide bonds. The molecule has 30 heavy (non-hydrogen) atoms. The second-order valence-electron chi connectivity index (χ2n) is 6.66. The number of carbonyl (C=O) groups excluding carboxylic acids is 4. The zero-order valence-corrected chi connectivity index (χ0v) is 18.5. The Bertz CT molecular complexity index is 887. The van der Waals surface area contributed by atoms with E-state index in [2.05, 4.69) is 26.6 Å². The fourth-order valence-electron chi connectivity index (χ4n) is 2.69. The summed E-state index contributed by atoms with van der Waals surface area (Å²) in [6.07, 6.45) is 0.222. The number of nitrogens with one attached hydrogen (secondary N) is 2. The van der Waals surface area contributed by atoms with Crippen molar-refractivity contribution in [3.05, 3.63) is 56.7 Å². The van der Waals surface area contributed by atoms with Crippen molar-refractivity contribution in [1.82, 2.24) is 10.6 Å². The Hall–Kier alpha value is -2.72. The maximum Gasteiger partial charge on any atom is 0.243 e. The summed E-state index contributed by atoms with van der Waals surface area (Å²) in [5.74, 6) is -2.29. The summed E-state index contributed by atoms with van der Waals surface area (Å²) in [7, 11) is 0. The molecule has 2 aromatic rings. The van der Waals surface area contributed by atoms with E-state index >= 15 is 0 Å². The average Bonchev–Trinajstić information content (AvgIpc) is 3.20. The van der Waals surface area contributed by atoms with E-state index in [1.165, 1.54) is 11.3 Å². The van der Waals surface area contributed by atoms with E-state index in [0.717, 1.165) is 14.9 Å². The first kappa shape index (κ1) is 23.6. The topological polar surface area (TPSA) is 144 Å². The molecule has 6 N–H and O–H groups in total. The highest BCUT2D eigenvalue weighted by atomic mass is 79.9. The third-order valence-corrected chi connectivity index (χ3v) is 5.68. The zero-order valence-electron chi connectivity index (χ0n) is 16.1. The van der Waals surface area contributed by atoms with Crippen LogP contribution in [-0.4, -0.2) is 35.7 Å². The van der Waals surface area contributed by atoms with Gasteiger partial charge in [0.25, 0.3) is 0 Å². The zero-order chi connectivity index (χ0) is 22.1. The van der Waals surface area contributed by atoms with Crippen LogP contribution < -0.4 is 22.1 Å². The molecule has 160 valence electrons. The molecule has 0 radical (unpaired) electrons. The van der Waals surface area contributed by atoms with Gasteiger partial charge in [0.2, 0.25) is 23.6 Å². The number of rotatable bonds is 11. The van der Waals surface area contributed by atoms with E-state index in [4.69, 9.17) is 11.5 Å². The van der Waals surface area contributed by atoms with Crippen LogP contribution in [0, 0.1) is 0 Å². The number of benzene rings is 1. The smallest absolute Gasteiger partial charge is 0.243 e. The number of thiophene rings is 1. The number of halogens is 1. The second kappa shape index (κ2) is 11.5. The van der Waals surface area contributed by atoms with Crippen LogP contribution >= 0.6 is 27.3 Å². The monoisotopic (exact) mass is 494 g/mol. The number of hydrogen-bond acceptors (Lipinski definition) is 5. The lowest BCUT2D eigenvalue weighted by atomic mass is 10.0. The molecule has 0 spiro atoms. The van der Waals surface area contributed by atoms with Crippen LogP contribution in [0.4, 0.5) is 0 Å². The minimum Gasteiger partial charge on any atom is -0.370 e. The summed E-state index contributed by atoms with van der Waals surface area (Å²) in [4.78, 5) is 48.7. The summed E-state index contributed by atoms with van der Waals surface area (Å²) in [5, 5.41) is 7.11. The maximum absolute atomic E-state index is 12.9. The van der Waals surface area contributed by atoms with Gasteiger partial charge in [-0.25, -0.2) is 0 Å². The van der Waals surface area contributed by atoms with Gasteiger partial charge in [0.05, 0.1) is 0 Å². The van der Waals surface area contributed by atoms with E-state index in [1.54, 1.807) is 0 Å². The van der Waals surface area contributed by atoms with Crippen LogP contribution in [0.1, 0.15) is 23.3 Å². The molecule has 1 heterocycles. The molecule has 8 nitrogen and oxygen atoms in total. The lowest BCUT2D eigenvalue weighted by molar-refractivity contribution is -0.131. The molecule has 0 aliphatic heterocycles. The van der Waals surface area contributed by atoms with Gasteiger partial charge in [-0.05, 0) is 29.1 Å². The Labute approximate surface area is 186 Å². The van der Waals surface area contributed by atoms with Gasteiger partial charge in [-0.15, -0.1) is 11.3 Å². The standard InChI is InChI=1S/C20H23BrN4O4S/c21-13-5-3-12(4-6-13)10-15(19(23)28)25-20(29)16(11-14-2-1-9-30-14)24-18(27)8-7-17(22)26/h1-6,9,15-16H,7-8,10-11H2,(H2,22,26)(H2,23,28)(H,24,27)(H,25,29)/t15-,16+/m0/s1. The van der Waals surface area contributed by atoms with E-state index in [0.29, 0.717) is 0 Å². The van der Waals surface area contributed by atoms with Crippen molar-refractivity contribution in [2.45, 2.75) is 37.8 Å². The van der Waals surface area contributed by atoms with Crippen molar-refractivity contribution in [3.63, 3.8) is 0 Å². The fourth-order valence-corrected chi connectivity index (χ4v) is 3.71. The van der Waals surface area contributed by atoms with Crippen molar-refractivity contribution < 1.29 is 19.2 Å². The number of hydrogen-bond donors (Lipinski definition) is 4. The second-order valence-corrected chi connectivity index (χ2v) is 8.61. The van der Waals surface area contributed by atoms with E-state index in [9.17, 15) is 19.2 Å². The van der Waals surface area contributed by atoms with Crippen LogP contribution in [0.15, 0.2) is 46.3 Å². The van der Waals surface area contributed by atoms with Crippen molar-refractivity contribution in [2.24, 2.45) is 11.5 Å². The van der Waals surface area contributed by atoms with Crippen molar-refractivity contribution in [2.75, 3.05) is 0 Å². The van der Waals surface area contributed by atoms with Gasteiger partial charge in [-0.1, -0.05) is 34.1 Å². The SMILES string of the molecule is NC(=O)CCC(=O)N[C@H](Cc1cccs1)C(=O)N[C@@H](Cc1ccc(Br)cc1)C(N)=O. The predicted octanol–water partition coefficient (Wildman–Crippen LogP) is 1.02. The van der Waals surface area contributed by atoms with E-state index < -0.39 is 35.7 Å². The van der Waals surface area contributed by atoms with Crippen LogP contribution in [-0.2, 0) is 32.0 Å². The molecule has 0 saturated heterocycles. The van der Waals surface area contributed by atoms with Gasteiger partial charge in [0.15, 0.2) is 0 Å². The third-order valence-electron chi connectivity index (χ3n) is 4.25. The molecule has 1 aromatic carbocycles. The minimum absolute atomic E-state index is 0.118. The molecular weight excluding hydrogens is 472 g/mol. The van der Waals surface area contributed by atoms with Crippen molar-refractivity contribution in [3.8, 4) is 0 Å². The number of nitrogens with two attached hydrogens (primary N) is 2. The lowest BCUT2D eigenvalue weighted by Crippen LogP contribution is -2.54. The quantitative estimate of drug-likeness (QED) is 0.369. The predicted molar refractivity (Wildman–Crippen MR) is 117 cm³/mol. The fraction of sp³-hybridized carbons (Fsp3) is 0.300. The number of amides is 4. The molecule has 1 aromatic heterocycles. The van der Waals surface area contributed by atoms with Crippen molar-refractivity contribution in [1.29, 1.82) is 0 Å². The molecular formula is C20H23BrN4O4S. The molecule has 2 atom stereocenters. The minimum atomic E-state index is -0.938. The molecule has 10 heteroatoms. The third kappa shape index (κ3) is 7.96. The first-order chi connectivity index (χ1) is 14.2. The summed E-state index contributed by atoms with van der Waals surface area (Å²) in [6, 6.07) is 9.11. The van der Waals surface area contributed by atoms with Crippen LogP contribution in [0.5, 0.6) is 0 Å². The molecule has 0 unspecified atom stereocenters. The molecule has 0 aliphatic carbocycles. The highest BCUT2D eigenvalue weighted by Crippen LogP contribution is 2.14. The Morgan fingerprint density at radius 1 is 0.933 bits per heavy atom. The highest BCUT2D eigenvalue weighted by Gasteiger charge is 2.26. The summed E-state index contributed by atoms with van der Waals surface area (Å²) in [6.45, 7) is 0. The average molecular weight is 495 g/mol. The van der Waals surface area contributed by atoms with Gasteiger partial charge >= 0.3 is 0 Å². The van der Waals surface area contributed by atoms with Crippen LogP contribution in [0.25, 0.3) is 0 Å². The van der Waals surface area contributed by atoms with Gasteiger partial charge in [-0.2, -0.15) is 0 Å². The van der Waals surface area contributed by atoms with Gasteiger partial charge in [0.1, 0.15) is 12.1 Å². The summed E-state index contributed by atoms with van der Waals surface area (Å²) in [5.41, 5.74) is 11.4. The van der Waals surface area contributed by atoms with Gasteiger partial charge in [-0.3, -0.25) is 19.2 Å². The molecule has 2 rings (SSSR count). The molecule has 0 aliphatic rings. The summed E-state index contributed by atoms with van der Waals surface area (Å²) >= 11 is 4.78. The van der Waals surface area contributed by atoms with Gasteiger partial charge in [0, 0.05) is 35.0 Å². The Morgan fingerprint density at radius 3 is 2.20 bits per heavy atom. The Kier molecular flexibility index (Phi) is 9.00. The first-order valence-electron chi connectivity index (χ1n) is 9.18. The molecule has 0 fully saturated rings. The lowest BCUT2D eigenvalue weighted by Gasteiger charge is -2.22. The number of primary amides is 2. The van der Waals surface area contributed by atoms with Gasteiger partial charge < -0.3 is 22.1 Å². The number of carbonyl (C=O) groups is 4. The normalized spacial score (nSPS) is 12.6. The molecule has 0 saturated carbocycles. The van der Waals surface area contributed by atoms with Crippen molar-refractivity contribution >= 4 is 50.9 Å². The highest BCUT2D eigenvalue weighted by molar-refractivity contribution is 9.10. The Morgan fingerprint density at radius 2 is 1.63 bits per heavy atom. The summed E-state index contributed by atoms with van der Waals surface area (Å²) < 4.78 is 0.889. The van der Waals surface area contributed by atoms with E-state index in [1.807, 2.05) is 41.8 Å². The maximum atomic E-state index is 12.9. The van der Waals surface area contributed by atoms with Crippen LogP contribution in [0.2, 0.25) is 0 Å². The Balaban J connectivity index is 2.09. The molecule has 0 bridgehead atoms. The van der Waals surface area contributed by atoms with Crippen LogP contribution in [0.3, 0.4) is 0 Å².